The first-order chi connectivity index (χ1) is 7.25. The molecule has 78 valence electrons. The van der Waals surface area contributed by atoms with Crippen molar-refractivity contribution >= 4 is 16.7 Å². The topological polar surface area (TPSA) is 46.5 Å². The van der Waals surface area contributed by atoms with Crippen LogP contribution in [0.15, 0.2) is 42.5 Å². The second-order valence-corrected chi connectivity index (χ2v) is 3.19. The Balaban J connectivity index is 0.00000128. The van der Waals surface area contributed by atoms with Gasteiger partial charge in [0.25, 0.3) is 0 Å². The van der Waals surface area contributed by atoms with Gasteiger partial charge in [-0.15, -0.1) is 0 Å². The SMILES string of the molecule is O=C(O)COc1ccc2ccccc2c1.[H-].[Na+]. The van der Waals surface area contributed by atoms with Crippen LogP contribution in [0.1, 0.15) is 1.43 Å². The minimum atomic E-state index is -0.969. The Kier molecular flexibility index (Phi) is 4.80. The number of carboxylic acids is 1. The summed E-state index contributed by atoms with van der Waals surface area (Å²) in [6.45, 7) is -0.307. The van der Waals surface area contributed by atoms with Gasteiger partial charge in [-0.2, -0.15) is 0 Å². The van der Waals surface area contributed by atoms with Crippen LogP contribution in [0.5, 0.6) is 5.75 Å². The number of hydrogen-bond acceptors (Lipinski definition) is 2. The molecule has 2 rings (SSSR count). The van der Waals surface area contributed by atoms with Gasteiger partial charge in [0.15, 0.2) is 6.61 Å². The number of rotatable bonds is 3. The van der Waals surface area contributed by atoms with Crippen LogP contribution in [0.25, 0.3) is 10.8 Å². The monoisotopic (exact) mass is 226 g/mol. The molecule has 0 fully saturated rings. The first-order valence-corrected chi connectivity index (χ1v) is 4.59. The van der Waals surface area contributed by atoms with E-state index in [1.807, 2.05) is 36.4 Å². The van der Waals surface area contributed by atoms with Gasteiger partial charge >= 0.3 is 35.5 Å². The van der Waals surface area contributed by atoms with Gasteiger partial charge in [-0.05, 0) is 22.9 Å². The molecule has 0 saturated heterocycles. The van der Waals surface area contributed by atoms with Crippen LogP contribution in [0.4, 0.5) is 0 Å². The van der Waals surface area contributed by atoms with Crippen LogP contribution in [-0.2, 0) is 4.79 Å². The van der Waals surface area contributed by atoms with Crippen molar-refractivity contribution in [2.75, 3.05) is 6.61 Å². The van der Waals surface area contributed by atoms with Gasteiger partial charge in [-0.1, -0.05) is 30.3 Å². The minimum absolute atomic E-state index is 0. The molecule has 4 heteroatoms. The van der Waals surface area contributed by atoms with Crippen LogP contribution < -0.4 is 34.3 Å². The first kappa shape index (κ1) is 13.0. The van der Waals surface area contributed by atoms with Gasteiger partial charge in [0.05, 0.1) is 0 Å². The number of benzene rings is 2. The Hall–Kier alpha value is -1.03. The number of fused-ring (bicyclic) bond motifs is 1. The molecule has 2 aromatic rings. The van der Waals surface area contributed by atoms with Crippen molar-refractivity contribution in [2.45, 2.75) is 0 Å². The van der Waals surface area contributed by atoms with Gasteiger partial charge in [0.1, 0.15) is 5.75 Å². The number of carbonyl (C=O) groups is 1. The zero-order chi connectivity index (χ0) is 10.7. The van der Waals surface area contributed by atoms with Gasteiger partial charge < -0.3 is 11.3 Å². The summed E-state index contributed by atoms with van der Waals surface area (Å²) in [7, 11) is 0. The molecule has 0 unspecified atom stereocenters. The number of aliphatic carboxylic acids is 1. The third kappa shape index (κ3) is 3.23. The molecule has 0 saturated carbocycles. The third-order valence-corrected chi connectivity index (χ3v) is 2.08. The molecule has 0 bridgehead atoms. The first-order valence-electron chi connectivity index (χ1n) is 4.59. The molecule has 3 nitrogen and oxygen atoms in total. The molecule has 0 aliphatic carbocycles. The quantitative estimate of drug-likeness (QED) is 0.712. The Morgan fingerprint density at radius 3 is 2.56 bits per heavy atom. The number of ether oxygens (including phenoxy) is 1. The second kappa shape index (κ2) is 5.89. The van der Waals surface area contributed by atoms with E-state index in [1.165, 1.54) is 0 Å². The van der Waals surface area contributed by atoms with Crippen LogP contribution in [-0.4, -0.2) is 17.7 Å². The molecule has 0 radical (unpaired) electrons. The summed E-state index contributed by atoms with van der Waals surface area (Å²) in [6, 6.07) is 13.4. The third-order valence-electron chi connectivity index (χ3n) is 2.08. The molecule has 1 N–H and O–H groups in total. The predicted molar refractivity (Wildman–Crippen MR) is 58.2 cm³/mol. The zero-order valence-electron chi connectivity index (χ0n) is 10.0. The molecule has 0 aromatic heterocycles. The Labute approximate surface area is 117 Å². The fraction of sp³-hybridized carbons (Fsp3) is 0.0833. The van der Waals surface area contributed by atoms with E-state index in [1.54, 1.807) is 6.07 Å². The number of hydrogen-bond donors (Lipinski definition) is 1. The fourth-order valence-corrected chi connectivity index (χ4v) is 1.40. The van der Waals surface area contributed by atoms with Gasteiger partial charge in [0.2, 0.25) is 0 Å². The molecule has 0 heterocycles. The molecular weight excluding hydrogens is 215 g/mol. The summed E-state index contributed by atoms with van der Waals surface area (Å²) < 4.78 is 5.08. The standard InChI is InChI=1S/C12H10O3.Na.H/c13-12(14)8-15-11-6-5-9-3-1-2-4-10(9)7-11;;/h1-7H,8H2,(H,13,14);;/q;+1;-1. The summed E-state index contributed by atoms with van der Waals surface area (Å²) in [6.07, 6.45) is 0. The van der Waals surface area contributed by atoms with Crippen molar-refractivity contribution in [2.24, 2.45) is 0 Å². The smallest absolute Gasteiger partial charge is 1.00 e. The van der Waals surface area contributed by atoms with E-state index in [4.69, 9.17) is 9.84 Å². The van der Waals surface area contributed by atoms with E-state index in [0.717, 1.165) is 10.8 Å². The Morgan fingerprint density at radius 2 is 1.88 bits per heavy atom. The maximum absolute atomic E-state index is 10.3. The largest absolute Gasteiger partial charge is 1.00 e. The normalized spacial score (nSPS) is 9.50. The van der Waals surface area contributed by atoms with E-state index < -0.39 is 5.97 Å². The van der Waals surface area contributed by atoms with Crippen molar-refractivity contribution in [1.82, 2.24) is 0 Å². The summed E-state index contributed by atoms with van der Waals surface area (Å²) in [4.78, 5) is 10.3. The maximum Gasteiger partial charge on any atom is 1.00 e. The number of carboxylic acid groups (broad SMARTS) is 1. The van der Waals surface area contributed by atoms with Gasteiger partial charge in [-0.3, -0.25) is 0 Å². The predicted octanol–water partition coefficient (Wildman–Crippen LogP) is -0.580. The van der Waals surface area contributed by atoms with Crippen LogP contribution in [0.3, 0.4) is 0 Å². The van der Waals surface area contributed by atoms with E-state index in [0.29, 0.717) is 5.75 Å². The summed E-state index contributed by atoms with van der Waals surface area (Å²) >= 11 is 0. The van der Waals surface area contributed by atoms with Crippen LogP contribution in [0.2, 0.25) is 0 Å². The average Bonchev–Trinajstić information content (AvgIpc) is 2.26. The van der Waals surface area contributed by atoms with E-state index in [-0.39, 0.29) is 37.6 Å². The van der Waals surface area contributed by atoms with Crippen molar-refractivity contribution in [3.63, 3.8) is 0 Å². The van der Waals surface area contributed by atoms with Crippen molar-refractivity contribution in [3.8, 4) is 5.75 Å². The van der Waals surface area contributed by atoms with Gasteiger partial charge in [0, 0.05) is 0 Å². The molecule has 0 aliphatic rings. The minimum Gasteiger partial charge on any atom is -1.00 e. The molecule has 2 aromatic carbocycles. The molecule has 0 amide bonds. The van der Waals surface area contributed by atoms with Crippen molar-refractivity contribution in [1.29, 1.82) is 0 Å². The van der Waals surface area contributed by atoms with Crippen molar-refractivity contribution < 1.29 is 45.6 Å². The van der Waals surface area contributed by atoms with E-state index in [9.17, 15) is 4.79 Å². The van der Waals surface area contributed by atoms with Crippen LogP contribution >= 0.6 is 0 Å². The Morgan fingerprint density at radius 1 is 1.19 bits per heavy atom. The summed E-state index contributed by atoms with van der Waals surface area (Å²) in [5, 5.41) is 10.6. The molecule has 0 spiro atoms. The Bertz CT molecular complexity index is 502. The second-order valence-electron chi connectivity index (χ2n) is 3.19. The van der Waals surface area contributed by atoms with Gasteiger partial charge in [-0.25, -0.2) is 4.79 Å². The van der Waals surface area contributed by atoms with E-state index >= 15 is 0 Å². The van der Waals surface area contributed by atoms with Crippen molar-refractivity contribution in [3.05, 3.63) is 42.5 Å². The molecule has 0 atom stereocenters. The summed E-state index contributed by atoms with van der Waals surface area (Å²) in [5.41, 5.74) is 0. The summed E-state index contributed by atoms with van der Waals surface area (Å²) in [5.74, 6) is -0.390. The average molecular weight is 226 g/mol. The molecule has 0 aliphatic heterocycles. The maximum atomic E-state index is 10.3. The zero-order valence-corrected chi connectivity index (χ0v) is 11.0. The molecule has 16 heavy (non-hydrogen) atoms. The van der Waals surface area contributed by atoms with Crippen LogP contribution in [0, 0.1) is 0 Å². The molecular formula is C12H11NaO3. The van der Waals surface area contributed by atoms with E-state index in [2.05, 4.69) is 0 Å². The fourth-order valence-electron chi connectivity index (χ4n) is 1.40.